The first kappa shape index (κ1) is 15.8. The second-order valence-corrected chi connectivity index (χ2v) is 5.19. The van der Waals surface area contributed by atoms with Gasteiger partial charge in [0.1, 0.15) is 11.9 Å². The number of aryl methyl sites for hydroxylation is 1. The smallest absolute Gasteiger partial charge is 0.308 e. The molecule has 0 spiro atoms. The van der Waals surface area contributed by atoms with Gasteiger partial charge in [-0.15, -0.1) is 0 Å². The number of hydrogen-bond acceptors (Lipinski definition) is 3. The van der Waals surface area contributed by atoms with Gasteiger partial charge in [-0.05, 0) is 25.1 Å². The first-order valence-corrected chi connectivity index (χ1v) is 7.05. The molecule has 0 saturated heterocycles. The summed E-state index contributed by atoms with van der Waals surface area (Å²) in [7, 11) is 0. The van der Waals surface area contributed by atoms with Gasteiger partial charge < -0.3 is 4.74 Å². The SMILES string of the molecule is CC(OC(=O)CCn1cccn1)c1c(Cl)ccc(F)c1Cl. The summed E-state index contributed by atoms with van der Waals surface area (Å²) in [5.41, 5.74) is 0.269. The third-order valence-electron chi connectivity index (χ3n) is 2.90. The van der Waals surface area contributed by atoms with Crippen LogP contribution < -0.4 is 0 Å². The zero-order valence-corrected chi connectivity index (χ0v) is 12.7. The lowest BCUT2D eigenvalue weighted by molar-refractivity contribution is -0.148. The highest BCUT2D eigenvalue weighted by Crippen LogP contribution is 2.34. The van der Waals surface area contributed by atoms with Crippen LogP contribution in [0.4, 0.5) is 4.39 Å². The standard InChI is InChI=1S/C14H13Cl2FN2O2/c1-9(13-10(15)3-4-11(17)14(13)16)21-12(20)5-8-19-7-2-6-18-19/h2-4,6-7,9H,5,8H2,1H3. The maximum atomic E-state index is 13.4. The number of esters is 1. The fraction of sp³-hybridized carbons (Fsp3) is 0.286. The Bertz CT molecular complexity index is 632. The normalized spacial score (nSPS) is 12.2. The van der Waals surface area contributed by atoms with Crippen LogP contribution in [0.2, 0.25) is 10.0 Å². The van der Waals surface area contributed by atoms with E-state index in [2.05, 4.69) is 5.10 Å². The molecule has 0 aliphatic heterocycles. The Kier molecular flexibility index (Phi) is 5.20. The molecule has 0 aliphatic rings. The largest absolute Gasteiger partial charge is 0.458 e. The van der Waals surface area contributed by atoms with E-state index in [0.29, 0.717) is 6.54 Å². The molecule has 1 unspecified atom stereocenters. The molecule has 21 heavy (non-hydrogen) atoms. The maximum absolute atomic E-state index is 13.4. The molecular formula is C14H13Cl2FN2O2. The lowest BCUT2D eigenvalue weighted by Crippen LogP contribution is -2.13. The molecule has 0 bridgehead atoms. The average Bonchev–Trinajstić information content (AvgIpc) is 2.94. The number of carbonyl (C=O) groups is 1. The monoisotopic (exact) mass is 330 g/mol. The lowest BCUT2D eigenvalue weighted by atomic mass is 10.1. The predicted molar refractivity (Wildman–Crippen MR) is 77.8 cm³/mol. The molecule has 0 radical (unpaired) electrons. The number of halogens is 3. The molecule has 0 fully saturated rings. The maximum Gasteiger partial charge on any atom is 0.308 e. The van der Waals surface area contributed by atoms with Crippen LogP contribution in [0.15, 0.2) is 30.6 Å². The van der Waals surface area contributed by atoms with E-state index in [1.54, 1.807) is 30.1 Å². The summed E-state index contributed by atoms with van der Waals surface area (Å²) in [6.45, 7) is 2.00. The van der Waals surface area contributed by atoms with Gasteiger partial charge in [0.25, 0.3) is 0 Å². The molecular weight excluding hydrogens is 318 g/mol. The van der Waals surface area contributed by atoms with Crippen molar-refractivity contribution in [2.24, 2.45) is 0 Å². The van der Waals surface area contributed by atoms with Crippen LogP contribution in [0.3, 0.4) is 0 Å². The van der Waals surface area contributed by atoms with Crippen molar-refractivity contribution in [3.05, 3.63) is 52.0 Å². The number of aromatic nitrogens is 2. The van der Waals surface area contributed by atoms with Crippen molar-refractivity contribution in [1.29, 1.82) is 0 Å². The summed E-state index contributed by atoms with van der Waals surface area (Å²) >= 11 is 11.9. The summed E-state index contributed by atoms with van der Waals surface area (Å²) in [5, 5.41) is 4.11. The predicted octanol–water partition coefficient (Wildman–Crippen LogP) is 4.02. The van der Waals surface area contributed by atoms with E-state index < -0.39 is 17.9 Å². The fourth-order valence-corrected chi connectivity index (χ4v) is 2.55. The summed E-state index contributed by atoms with van der Waals surface area (Å²) < 4.78 is 20.3. The molecule has 4 nitrogen and oxygen atoms in total. The number of nitrogens with zero attached hydrogens (tertiary/aromatic N) is 2. The highest BCUT2D eigenvalue weighted by atomic mass is 35.5. The summed E-state index contributed by atoms with van der Waals surface area (Å²) in [4.78, 5) is 11.8. The Morgan fingerprint density at radius 1 is 1.48 bits per heavy atom. The van der Waals surface area contributed by atoms with Crippen LogP contribution in [0.1, 0.15) is 25.0 Å². The van der Waals surface area contributed by atoms with Crippen LogP contribution in [0.5, 0.6) is 0 Å². The van der Waals surface area contributed by atoms with Crippen molar-refractivity contribution >= 4 is 29.2 Å². The summed E-state index contributed by atoms with van der Waals surface area (Å²) in [6.07, 6.45) is 2.79. The number of benzene rings is 1. The number of ether oxygens (including phenoxy) is 1. The minimum atomic E-state index is -0.731. The highest BCUT2D eigenvalue weighted by Gasteiger charge is 2.20. The molecule has 0 aliphatic carbocycles. The molecule has 0 saturated carbocycles. The van der Waals surface area contributed by atoms with Crippen molar-refractivity contribution in [1.82, 2.24) is 9.78 Å². The summed E-state index contributed by atoms with van der Waals surface area (Å²) in [6, 6.07) is 4.31. The lowest BCUT2D eigenvalue weighted by Gasteiger charge is -2.16. The van der Waals surface area contributed by atoms with E-state index in [-0.39, 0.29) is 22.0 Å². The first-order valence-electron chi connectivity index (χ1n) is 6.29. The van der Waals surface area contributed by atoms with Crippen molar-refractivity contribution in [3.8, 4) is 0 Å². The average molecular weight is 331 g/mol. The topological polar surface area (TPSA) is 44.1 Å². The molecule has 7 heteroatoms. The van der Waals surface area contributed by atoms with Gasteiger partial charge in [-0.1, -0.05) is 23.2 Å². The van der Waals surface area contributed by atoms with Crippen LogP contribution in [0.25, 0.3) is 0 Å². The Labute approximate surface area is 131 Å². The highest BCUT2D eigenvalue weighted by molar-refractivity contribution is 6.36. The van der Waals surface area contributed by atoms with E-state index in [1.807, 2.05) is 0 Å². The fourth-order valence-electron chi connectivity index (χ4n) is 1.87. The Morgan fingerprint density at radius 3 is 2.90 bits per heavy atom. The zero-order valence-electron chi connectivity index (χ0n) is 11.2. The summed E-state index contributed by atoms with van der Waals surface area (Å²) in [5.74, 6) is -1.04. The second-order valence-electron chi connectivity index (χ2n) is 4.41. The van der Waals surface area contributed by atoms with Gasteiger partial charge in [0.15, 0.2) is 0 Å². The van der Waals surface area contributed by atoms with Gasteiger partial charge >= 0.3 is 5.97 Å². The molecule has 112 valence electrons. The van der Waals surface area contributed by atoms with E-state index in [9.17, 15) is 9.18 Å². The number of hydrogen-bond donors (Lipinski definition) is 0. The Hall–Kier alpha value is -1.59. The van der Waals surface area contributed by atoms with Crippen molar-refractivity contribution < 1.29 is 13.9 Å². The third-order valence-corrected chi connectivity index (χ3v) is 3.61. The molecule has 0 amide bonds. The minimum absolute atomic E-state index is 0.130. The number of rotatable bonds is 5. The van der Waals surface area contributed by atoms with Gasteiger partial charge in [-0.3, -0.25) is 9.48 Å². The van der Waals surface area contributed by atoms with Crippen LogP contribution in [-0.2, 0) is 16.1 Å². The molecule has 1 heterocycles. The third kappa shape index (κ3) is 3.95. The molecule has 1 aromatic heterocycles. The van der Waals surface area contributed by atoms with Crippen LogP contribution in [-0.4, -0.2) is 15.7 Å². The minimum Gasteiger partial charge on any atom is -0.458 e. The van der Waals surface area contributed by atoms with E-state index in [4.69, 9.17) is 27.9 Å². The Morgan fingerprint density at radius 2 is 2.24 bits per heavy atom. The van der Waals surface area contributed by atoms with Crippen molar-refractivity contribution in [3.63, 3.8) is 0 Å². The van der Waals surface area contributed by atoms with Crippen molar-refractivity contribution in [2.75, 3.05) is 0 Å². The molecule has 0 N–H and O–H groups in total. The van der Waals surface area contributed by atoms with Gasteiger partial charge in [0.2, 0.25) is 0 Å². The van der Waals surface area contributed by atoms with Crippen LogP contribution in [0, 0.1) is 5.82 Å². The molecule has 1 aromatic carbocycles. The van der Waals surface area contributed by atoms with Crippen molar-refractivity contribution in [2.45, 2.75) is 26.0 Å². The molecule has 2 rings (SSSR count). The Balaban J connectivity index is 1.99. The molecule has 1 atom stereocenters. The van der Waals surface area contributed by atoms with Gasteiger partial charge in [0.05, 0.1) is 18.0 Å². The van der Waals surface area contributed by atoms with Crippen LogP contribution >= 0.6 is 23.2 Å². The van der Waals surface area contributed by atoms with Gasteiger partial charge in [0, 0.05) is 23.0 Å². The number of carbonyl (C=O) groups excluding carboxylic acids is 1. The quantitative estimate of drug-likeness (QED) is 0.614. The zero-order chi connectivity index (χ0) is 15.4. The molecule has 2 aromatic rings. The van der Waals surface area contributed by atoms with E-state index in [0.717, 1.165) is 0 Å². The van der Waals surface area contributed by atoms with E-state index >= 15 is 0 Å². The second kappa shape index (κ2) is 6.91. The van der Waals surface area contributed by atoms with E-state index in [1.165, 1.54) is 12.1 Å². The first-order chi connectivity index (χ1) is 9.99. The van der Waals surface area contributed by atoms with Gasteiger partial charge in [-0.2, -0.15) is 5.10 Å². The van der Waals surface area contributed by atoms with Gasteiger partial charge in [-0.25, -0.2) is 4.39 Å².